The van der Waals surface area contributed by atoms with Crippen LogP contribution in [-0.2, 0) is 7.05 Å². The molecule has 0 spiro atoms. The van der Waals surface area contributed by atoms with Gasteiger partial charge in [-0.05, 0) is 34.7 Å². The highest BCUT2D eigenvalue weighted by molar-refractivity contribution is 6.04. The van der Waals surface area contributed by atoms with Gasteiger partial charge in [0, 0.05) is 36.0 Å². The number of rotatable bonds is 4. The first-order valence-electron chi connectivity index (χ1n) is 6.93. The minimum atomic E-state index is -0.514. The number of hydrogen-bond acceptors (Lipinski definition) is 6. The highest BCUT2D eigenvalue weighted by Crippen LogP contribution is 2.20. The second-order valence-electron chi connectivity index (χ2n) is 4.97. The molecule has 0 atom stereocenters. The van der Waals surface area contributed by atoms with E-state index in [0.717, 1.165) is 5.56 Å². The number of nitrogens with one attached hydrogen (secondary N) is 1. The third-order valence-electron chi connectivity index (χ3n) is 3.34. The van der Waals surface area contributed by atoms with Crippen molar-refractivity contribution in [1.82, 2.24) is 20.2 Å². The third kappa shape index (κ3) is 3.09. The van der Waals surface area contributed by atoms with Crippen LogP contribution in [0.1, 0.15) is 10.4 Å². The van der Waals surface area contributed by atoms with Crippen molar-refractivity contribution in [1.29, 1.82) is 0 Å². The first kappa shape index (κ1) is 15.3. The topological polar surface area (TPSA) is 116 Å². The normalized spacial score (nSPS) is 10.4. The van der Waals surface area contributed by atoms with Gasteiger partial charge in [-0.1, -0.05) is 12.1 Å². The van der Waals surface area contributed by atoms with E-state index in [1.807, 2.05) is 6.07 Å². The number of anilines is 1. The predicted octanol–water partition coefficient (Wildman–Crippen LogP) is 2.04. The van der Waals surface area contributed by atoms with Crippen molar-refractivity contribution in [2.24, 2.45) is 7.05 Å². The van der Waals surface area contributed by atoms with Gasteiger partial charge in [0.2, 0.25) is 0 Å². The Bertz CT molecular complexity index is 904. The molecule has 0 radical (unpaired) electrons. The molecular formula is C15H12N6O3. The third-order valence-corrected chi connectivity index (χ3v) is 3.34. The summed E-state index contributed by atoms with van der Waals surface area (Å²) in [4.78, 5) is 22.4. The fourth-order valence-electron chi connectivity index (χ4n) is 2.15. The summed E-state index contributed by atoms with van der Waals surface area (Å²) in [6, 6.07) is 12.5. The molecule has 1 amide bonds. The summed E-state index contributed by atoms with van der Waals surface area (Å²) in [5.41, 5.74) is 1.58. The monoisotopic (exact) mass is 324 g/mol. The number of nitrogens with zero attached hydrogens (tertiary/aromatic N) is 5. The first-order chi connectivity index (χ1) is 11.5. The fourth-order valence-corrected chi connectivity index (χ4v) is 2.15. The highest BCUT2D eigenvalue weighted by atomic mass is 16.6. The van der Waals surface area contributed by atoms with E-state index in [2.05, 4.69) is 20.8 Å². The zero-order valence-electron chi connectivity index (χ0n) is 12.6. The van der Waals surface area contributed by atoms with E-state index in [1.165, 1.54) is 28.9 Å². The molecule has 120 valence electrons. The van der Waals surface area contributed by atoms with Gasteiger partial charge in [-0.2, -0.15) is 0 Å². The van der Waals surface area contributed by atoms with Gasteiger partial charge in [0.05, 0.1) is 4.92 Å². The van der Waals surface area contributed by atoms with Crippen LogP contribution in [-0.4, -0.2) is 31.0 Å². The molecule has 0 aliphatic heterocycles. The second kappa shape index (κ2) is 6.24. The lowest BCUT2D eigenvalue weighted by atomic mass is 10.1. The zero-order valence-corrected chi connectivity index (χ0v) is 12.6. The molecule has 3 aromatic rings. The summed E-state index contributed by atoms with van der Waals surface area (Å²) >= 11 is 0. The lowest BCUT2D eigenvalue weighted by Gasteiger charge is -2.07. The van der Waals surface area contributed by atoms with Crippen LogP contribution in [0.25, 0.3) is 11.4 Å². The van der Waals surface area contributed by atoms with Gasteiger partial charge in [0.25, 0.3) is 11.6 Å². The Balaban J connectivity index is 1.79. The number of nitro groups is 1. The average Bonchev–Trinajstić information content (AvgIpc) is 3.01. The van der Waals surface area contributed by atoms with E-state index in [-0.39, 0.29) is 11.6 Å². The van der Waals surface area contributed by atoms with Crippen LogP contribution >= 0.6 is 0 Å². The molecule has 0 saturated carbocycles. The molecule has 1 heterocycles. The van der Waals surface area contributed by atoms with Crippen molar-refractivity contribution in [2.45, 2.75) is 0 Å². The number of aromatic nitrogens is 4. The summed E-state index contributed by atoms with van der Waals surface area (Å²) in [5.74, 6) is 0.208. The van der Waals surface area contributed by atoms with E-state index in [9.17, 15) is 14.9 Å². The van der Waals surface area contributed by atoms with Crippen LogP contribution in [0.4, 0.5) is 11.4 Å². The Labute approximate surface area is 136 Å². The number of non-ortho nitro benzene ring substituents is 1. The molecule has 1 N–H and O–H groups in total. The number of nitro benzene ring substituents is 1. The molecule has 0 saturated heterocycles. The zero-order chi connectivity index (χ0) is 17.1. The maximum Gasteiger partial charge on any atom is 0.269 e. The summed E-state index contributed by atoms with van der Waals surface area (Å²) < 4.78 is 1.53. The van der Waals surface area contributed by atoms with Gasteiger partial charge >= 0.3 is 0 Å². The van der Waals surface area contributed by atoms with Crippen LogP contribution < -0.4 is 5.32 Å². The minimum absolute atomic E-state index is 0.0664. The molecule has 0 fully saturated rings. The number of tetrazole rings is 1. The number of carbonyl (C=O) groups is 1. The lowest BCUT2D eigenvalue weighted by molar-refractivity contribution is -0.384. The van der Waals surface area contributed by atoms with Crippen molar-refractivity contribution in [3.05, 3.63) is 64.2 Å². The summed E-state index contributed by atoms with van der Waals surface area (Å²) in [6.07, 6.45) is 0. The van der Waals surface area contributed by atoms with E-state index in [4.69, 9.17) is 0 Å². The molecule has 0 aliphatic carbocycles. The van der Waals surface area contributed by atoms with E-state index in [1.54, 1.807) is 25.2 Å². The van der Waals surface area contributed by atoms with Gasteiger partial charge in [0.15, 0.2) is 5.82 Å². The fraction of sp³-hybridized carbons (Fsp3) is 0.0667. The Morgan fingerprint density at radius 1 is 1.21 bits per heavy atom. The van der Waals surface area contributed by atoms with Gasteiger partial charge in [-0.15, -0.1) is 5.10 Å². The highest BCUT2D eigenvalue weighted by Gasteiger charge is 2.11. The average molecular weight is 324 g/mol. The lowest BCUT2D eigenvalue weighted by Crippen LogP contribution is -2.11. The first-order valence-corrected chi connectivity index (χ1v) is 6.93. The number of aryl methyl sites for hydroxylation is 1. The van der Waals surface area contributed by atoms with E-state index in [0.29, 0.717) is 17.1 Å². The summed E-state index contributed by atoms with van der Waals surface area (Å²) in [5, 5.41) is 24.6. The predicted molar refractivity (Wildman–Crippen MR) is 85.3 cm³/mol. The molecule has 24 heavy (non-hydrogen) atoms. The van der Waals surface area contributed by atoms with Crippen molar-refractivity contribution >= 4 is 17.3 Å². The molecule has 2 aromatic carbocycles. The summed E-state index contributed by atoms with van der Waals surface area (Å²) in [7, 11) is 1.72. The summed E-state index contributed by atoms with van der Waals surface area (Å²) in [6.45, 7) is 0. The quantitative estimate of drug-likeness (QED) is 0.580. The van der Waals surface area contributed by atoms with Crippen molar-refractivity contribution in [3.8, 4) is 11.4 Å². The maximum absolute atomic E-state index is 12.2. The number of amides is 1. The maximum atomic E-state index is 12.2. The van der Waals surface area contributed by atoms with Crippen LogP contribution in [0.2, 0.25) is 0 Å². The molecule has 3 rings (SSSR count). The Hall–Kier alpha value is -3.62. The van der Waals surface area contributed by atoms with E-state index >= 15 is 0 Å². The van der Waals surface area contributed by atoms with Crippen LogP contribution in [0.3, 0.4) is 0 Å². The molecule has 0 unspecified atom stereocenters. The second-order valence-corrected chi connectivity index (χ2v) is 4.97. The number of benzene rings is 2. The Morgan fingerprint density at radius 2 is 1.96 bits per heavy atom. The van der Waals surface area contributed by atoms with Crippen molar-refractivity contribution in [2.75, 3.05) is 5.32 Å². The molecular weight excluding hydrogens is 312 g/mol. The molecule has 1 aromatic heterocycles. The smallest absolute Gasteiger partial charge is 0.269 e. The molecule has 9 heteroatoms. The standard InChI is InChI=1S/C15H12N6O3/c1-20-14(17-18-19-20)11-3-2-4-12(9-11)16-15(22)10-5-7-13(8-6-10)21(23)24/h2-9H,1H3,(H,16,22). The number of carbonyl (C=O) groups excluding carboxylic acids is 1. The molecule has 9 nitrogen and oxygen atoms in total. The van der Waals surface area contributed by atoms with Crippen LogP contribution in [0, 0.1) is 10.1 Å². The van der Waals surface area contributed by atoms with Gasteiger partial charge in [-0.25, -0.2) is 4.68 Å². The minimum Gasteiger partial charge on any atom is -0.322 e. The van der Waals surface area contributed by atoms with Crippen molar-refractivity contribution in [3.63, 3.8) is 0 Å². The molecule has 0 aliphatic rings. The van der Waals surface area contributed by atoms with Gasteiger partial charge < -0.3 is 5.32 Å². The Kier molecular flexibility index (Phi) is 3.98. The Morgan fingerprint density at radius 3 is 2.58 bits per heavy atom. The number of hydrogen-bond donors (Lipinski definition) is 1. The van der Waals surface area contributed by atoms with Gasteiger partial charge in [0.1, 0.15) is 0 Å². The van der Waals surface area contributed by atoms with Crippen LogP contribution in [0.5, 0.6) is 0 Å². The molecule has 0 bridgehead atoms. The van der Waals surface area contributed by atoms with Crippen LogP contribution in [0.15, 0.2) is 48.5 Å². The largest absolute Gasteiger partial charge is 0.322 e. The van der Waals surface area contributed by atoms with Crippen molar-refractivity contribution < 1.29 is 9.72 Å². The van der Waals surface area contributed by atoms with Gasteiger partial charge in [-0.3, -0.25) is 14.9 Å². The SMILES string of the molecule is Cn1nnnc1-c1cccc(NC(=O)c2ccc([N+](=O)[O-])cc2)c1. The van der Waals surface area contributed by atoms with E-state index < -0.39 is 4.92 Å².